The van der Waals surface area contributed by atoms with Crippen molar-refractivity contribution < 1.29 is 9.21 Å². The second-order valence-electron chi connectivity index (χ2n) is 8.31. The minimum atomic E-state index is -0.277. The number of aromatic nitrogens is 4. The van der Waals surface area contributed by atoms with Crippen molar-refractivity contribution in [1.29, 1.82) is 0 Å². The first-order valence-corrected chi connectivity index (χ1v) is 10.7. The average Bonchev–Trinajstić information content (AvgIpc) is 3.40. The zero-order valence-electron chi connectivity index (χ0n) is 17.8. The maximum atomic E-state index is 13.0. The standard InChI is InChI=1S/C24H25N5O2/c1-15-10-17(8-9-25-15)24-27-22(14-31-24)23(30)26-21-11-18-13-29(2)28-20(18)12-19(21)16-6-4-3-5-7-16/h8-14,16H,3-7H2,1-2H3,(H,26,30). The normalized spacial score (nSPS) is 14.8. The minimum absolute atomic E-state index is 0.255. The fourth-order valence-electron chi connectivity index (χ4n) is 4.45. The molecular weight excluding hydrogens is 390 g/mol. The zero-order valence-corrected chi connectivity index (χ0v) is 17.8. The molecule has 7 nitrogen and oxygen atoms in total. The molecule has 0 spiro atoms. The summed E-state index contributed by atoms with van der Waals surface area (Å²) in [6.07, 6.45) is 11.1. The van der Waals surface area contributed by atoms with Crippen LogP contribution in [0, 0.1) is 6.92 Å². The van der Waals surface area contributed by atoms with Crippen LogP contribution in [-0.4, -0.2) is 25.7 Å². The third-order valence-electron chi connectivity index (χ3n) is 5.96. The van der Waals surface area contributed by atoms with Crippen LogP contribution in [0.2, 0.25) is 0 Å². The van der Waals surface area contributed by atoms with E-state index in [0.717, 1.165) is 46.3 Å². The second kappa shape index (κ2) is 7.98. The Morgan fingerprint density at radius 1 is 1.19 bits per heavy atom. The highest BCUT2D eigenvalue weighted by Crippen LogP contribution is 2.38. The van der Waals surface area contributed by atoms with Crippen molar-refractivity contribution in [2.75, 3.05) is 5.32 Å². The fraction of sp³-hybridized carbons (Fsp3) is 0.333. The van der Waals surface area contributed by atoms with Crippen LogP contribution in [0.3, 0.4) is 0 Å². The van der Waals surface area contributed by atoms with Gasteiger partial charge in [-0.2, -0.15) is 5.10 Å². The summed E-state index contributed by atoms with van der Waals surface area (Å²) >= 11 is 0. The Morgan fingerprint density at radius 3 is 2.84 bits per heavy atom. The molecule has 1 saturated carbocycles. The van der Waals surface area contributed by atoms with Crippen LogP contribution in [0.1, 0.15) is 59.8 Å². The van der Waals surface area contributed by atoms with Gasteiger partial charge in [0.05, 0.1) is 5.52 Å². The number of nitrogens with zero attached hydrogens (tertiary/aromatic N) is 4. The lowest BCUT2D eigenvalue weighted by Gasteiger charge is -2.24. The van der Waals surface area contributed by atoms with E-state index in [1.807, 2.05) is 43.0 Å². The molecule has 3 aromatic heterocycles. The van der Waals surface area contributed by atoms with Crippen LogP contribution in [0.5, 0.6) is 0 Å². The molecule has 1 aliphatic carbocycles. The molecule has 31 heavy (non-hydrogen) atoms. The van der Waals surface area contributed by atoms with Gasteiger partial charge in [-0.05, 0) is 55.5 Å². The number of nitrogens with one attached hydrogen (secondary N) is 1. The number of carbonyl (C=O) groups excluding carboxylic acids is 1. The Morgan fingerprint density at radius 2 is 2.03 bits per heavy atom. The van der Waals surface area contributed by atoms with Gasteiger partial charge in [0.25, 0.3) is 5.91 Å². The van der Waals surface area contributed by atoms with Gasteiger partial charge in [-0.1, -0.05) is 19.3 Å². The first-order chi connectivity index (χ1) is 15.1. The van der Waals surface area contributed by atoms with Crippen molar-refractivity contribution in [3.63, 3.8) is 0 Å². The first kappa shape index (κ1) is 19.5. The number of carbonyl (C=O) groups is 1. The van der Waals surface area contributed by atoms with Crippen LogP contribution in [0.15, 0.2) is 47.3 Å². The summed E-state index contributed by atoms with van der Waals surface area (Å²) in [5.74, 6) is 0.565. The third kappa shape index (κ3) is 3.95. The van der Waals surface area contributed by atoms with Crippen molar-refractivity contribution in [2.45, 2.75) is 44.9 Å². The molecule has 0 bridgehead atoms. The van der Waals surface area contributed by atoms with E-state index in [0.29, 0.717) is 11.8 Å². The monoisotopic (exact) mass is 415 g/mol. The molecule has 0 atom stereocenters. The van der Waals surface area contributed by atoms with Gasteiger partial charge in [-0.3, -0.25) is 14.5 Å². The highest BCUT2D eigenvalue weighted by molar-refractivity contribution is 6.04. The van der Waals surface area contributed by atoms with E-state index in [4.69, 9.17) is 4.42 Å². The average molecular weight is 415 g/mol. The summed E-state index contributed by atoms with van der Waals surface area (Å²) in [6.45, 7) is 1.90. The molecule has 1 amide bonds. The molecule has 0 radical (unpaired) electrons. The molecule has 1 fully saturated rings. The quantitative estimate of drug-likeness (QED) is 0.493. The number of rotatable bonds is 4. The van der Waals surface area contributed by atoms with Crippen LogP contribution in [-0.2, 0) is 7.05 Å². The number of oxazole rings is 1. The molecule has 1 aromatic carbocycles. The molecular formula is C24H25N5O2. The number of fused-ring (bicyclic) bond motifs is 1. The molecule has 0 aliphatic heterocycles. The lowest BCUT2D eigenvalue weighted by atomic mass is 9.83. The van der Waals surface area contributed by atoms with Crippen molar-refractivity contribution in [3.8, 4) is 11.5 Å². The van der Waals surface area contributed by atoms with Gasteiger partial charge in [0.15, 0.2) is 5.69 Å². The van der Waals surface area contributed by atoms with Gasteiger partial charge in [0.2, 0.25) is 5.89 Å². The fourth-order valence-corrected chi connectivity index (χ4v) is 4.45. The van der Waals surface area contributed by atoms with E-state index in [1.54, 1.807) is 6.20 Å². The molecule has 1 aliphatic rings. The van der Waals surface area contributed by atoms with E-state index in [9.17, 15) is 4.79 Å². The maximum Gasteiger partial charge on any atom is 0.277 e. The highest BCUT2D eigenvalue weighted by atomic mass is 16.3. The second-order valence-corrected chi connectivity index (χ2v) is 8.31. The molecule has 158 valence electrons. The Bertz CT molecular complexity index is 1250. The molecule has 1 N–H and O–H groups in total. The lowest BCUT2D eigenvalue weighted by molar-refractivity contribution is 0.102. The van der Waals surface area contributed by atoms with Crippen molar-refractivity contribution in [3.05, 3.63) is 59.9 Å². The van der Waals surface area contributed by atoms with Crippen molar-refractivity contribution in [2.24, 2.45) is 7.05 Å². The Kier molecular flexibility index (Phi) is 5.02. The van der Waals surface area contributed by atoms with Crippen LogP contribution in [0.25, 0.3) is 22.4 Å². The number of amides is 1. The molecule has 0 saturated heterocycles. The largest absolute Gasteiger partial charge is 0.444 e. The van der Waals surface area contributed by atoms with Gasteiger partial charge in [0.1, 0.15) is 6.26 Å². The van der Waals surface area contributed by atoms with Gasteiger partial charge in [0, 0.05) is 41.8 Å². The molecule has 7 heteroatoms. The summed E-state index contributed by atoms with van der Waals surface area (Å²) in [7, 11) is 1.91. The topological polar surface area (TPSA) is 85.8 Å². The zero-order chi connectivity index (χ0) is 21.4. The van der Waals surface area contributed by atoms with E-state index < -0.39 is 0 Å². The maximum absolute atomic E-state index is 13.0. The number of aryl methyl sites for hydroxylation is 2. The predicted octanol–water partition coefficient (Wildman–Crippen LogP) is 5.23. The van der Waals surface area contributed by atoms with E-state index in [2.05, 4.69) is 26.4 Å². The van der Waals surface area contributed by atoms with Crippen LogP contribution >= 0.6 is 0 Å². The number of hydrogen-bond acceptors (Lipinski definition) is 5. The van der Waals surface area contributed by atoms with Gasteiger partial charge >= 0.3 is 0 Å². The smallest absolute Gasteiger partial charge is 0.277 e. The lowest BCUT2D eigenvalue weighted by Crippen LogP contribution is -2.15. The summed E-state index contributed by atoms with van der Waals surface area (Å²) in [5.41, 5.74) is 4.87. The predicted molar refractivity (Wildman–Crippen MR) is 119 cm³/mol. The molecule has 3 heterocycles. The summed E-state index contributed by atoms with van der Waals surface area (Å²) < 4.78 is 7.38. The van der Waals surface area contributed by atoms with E-state index in [-0.39, 0.29) is 11.6 Å². The molecule has 4 aromatic rings. The van der Waals surface area contributed by atoms with E-state index >= 15 is 0 Å². The van der Waals surface area contributed by atoms with Crippen molar-refractivity contribution >= 4 is 22.5 Å². The van der Waals surface area contributed by atoms with Gasteiger partial charge in [-0.25, -0.2) is 4.98 Å². The van der Waals surface area contributed by atoms with E-state index in [1.165, 1.54) is 25.5 Å². The number of benzene rings is 1. The number of hydrogen-bond donors (Lipinski definition) is 1. The summed E-state index contributed by atoms with van der Waals surface area (Å²) in [4.78, 5) is 21.6. The van der Waals surface area contributed by atoms with Gasteiger partial charge < -0.3 is 9.73 Å². The van der Waals surface area contributed by atoms with Crippen molar-refractivity contribution in [1.82, 2.24) is 19.7 Å². The first-order valence-electron chi connectivity index (χ1n) is 10.7. The van der Waals surface area contributed by atoms with Gasteiger partial charge in [-0.15, -0.1) is 0 Å². The Balaban J connectivity index is 1.46. The SMILES string of the molecule is Cc1cc(-c2nc(C(=O)Nc3cc4cn(C)nc4cc3C3CCCCC3)co2)ccn1. The molecule has 5 rings (SSSR count). The third-order valence-corrected chi connectivity index (χ3v) is 5.96. The van der Waals surface area contributed by atoms with Crippen LogP contribution < -0.4 is 5.32 Å². The Labute approximate surface area is 180 Å². The number of pyridine rings is 1. The summed E-state index contributed by atoms with van der Waals surface area (Å²) in [6, 6.07) is 7.86. The van der Waals surface area contributed by atoms with Crippen LogP contribution in [0.4, 0.5) is 5.69 Å². The molecule has 0 unspecified atom stereocenters. The summed E-state index contributed by atoms with van der Waals surface area (Å²) in [5, 5.41) is 8.66. The highest BCUT2D eigenvalue weighted by Gasteiger charge is 2.22. The Hall–Kier alpha value is -3.48. The number of anilines is 1. The minimum Gasteiger partial charge on any atom is -0.444 e.